The van der Waals surface area contributed by atoms with E-state index in [9.17, 15) is 4.79 Å². The van der Waals surface area contributed by atoms with Crippen LogP contribution in [0.3, 0.4) is 0 Å². The largest absolute Gasteiger partial charge is 0.353 e. The van der Waals surface area contributed by atoms with Crippen molar-refractivity contribution in [2.24, 2.45) is 5.92 Å². The first-order valence-electron chi connectivity index (χ1n) is 6.34. The molecule has 0 bridgehead atoms. The second-order valence-electron chi connectivity index (χ2n) is 4.80. The summed E-state index contributed by atoms with van der Waals surface area (Å²) < 4.78 is 0. The summed E-state index contributed by atoms with van der Waals surface area (Å²) in [5, 5.41) is 6.98. The van der Waals surface area contributed by atoms with Gasteiger partial charge in [-0.2, -0.15) is 0 Å². The Bertz CT molecular complexity index is 594. The molecule has 0 radical (unpaired) electrons. The highest BCUT2D eigenvalue weighted by Gasteiger charge is 2.28. The monoisotopic (exact) mass is 293 g/mol. The molecule has 0 unspecified atom stereocenters. The predicted molar refractivity (Wildman–Crippen MR) is 78.5 cm³/mol. The first-order chi connectivity index (χ1) is 9.24. The molecule has 6 heteroatoms. The zero-order valence-corrected chi connectivity index (χ0v) is 12.3. The molecule has 4 nitrogen and oxygen atoms in total. The van der Waals surface area contributed by atoms with Crippen molar-refractivity contribution in [2.45, 2.75) is 30.8 Å². The molecule has 100 valence electrons. The van der Waals surface area contributed by atoms with Gasteiger partial charge in [-0.15, -0.1) is 11.3 Å². The first-order valence-corrected chi connectivity index (χ1v) is 8.21. The Morgan fingerprint density at radius 2 is 2.42 bits per heavy atom. The highest BCUT2D eigenvalue weighted by Crippen LogP contribution is 2.32. The maximum atomic E-state index is 11.9. The number of rotatable bonds is 5. The Morgan fingerprint density at radius 3 is 3.21 bits per heavy atom. The highest BCUT2D eigenvalue weighted by molar-refractivity contribution is 8.00. The number of carbonyl (C=O) groups excluding carboxylic acids is 1. The zero-order chi connectivity index (χ0) is 13.2. The Balaban J connectivity index is 1.59. The molecular formula is C13H15N3OS2. The van der Waals surface area contributed by atoms with Crippen molar-refractivity contribution in [3.63, 3.8) is 0 Å². The van der Waals surface area contributed by atoms with Gasteiger partial charge in [-0.05, 0) is 37.1 Å². The smallest absolute Gasteiger partial charge is 0.230 e. The molecule has 1 saturated carbocycles. The molecule has 19 heavy (non-hydrogen) atoms. The second-order valence-corrected chi connectivity index (χ2v) is 6.66. The molecule has 1 fully saturated rings. The summed E-state index contributed by atoms with van der Waals surface area (Å²) in [6, 6.07) is 2.31. The van der Waals surface area contributed by atoms with E-state index < -0.39 is 0 Å². The topological polar surface area (TPSA) is 54.9 Å². The van der Waals surface area contributed by atoms with Crippen molar-refractivity contribution in [2.75, 3.05) is 5.75 Å². The number of hydrogen-bond acceptors (Lipinski definition) is 5. The molecule has 0 spiro atoms. The number of nitrogens with one attached hydrogen (secondary N) is 1. The van der Waals surface area contributed by atoms with Crippen molar-refractivity contribution >= 4 is 39.2 Å². The minimum absolute atomic E-state index is 0.0893. The lowest BCUT2D eigenvalue weighted by Gasteiger charge is -2.12. The fourth-order valence-corrected chi connectivity index (χ4v) is 3.62. The number of thiophene rings is 1. The third-order valence-corrected chi connectivity index (χ3v) is 5.11. The molecule has 1 aliphatic rings. The SMILES string of the molecule is C[C@H](NC(=O)CSc1ncnc2sccc12)C1CC1. The number of nitrogens with zero attached hydrogens (tertiary/aromatic N) is 2. The van der Waals surface area contributed by atoms with Crippen molar-refractivity contribution in [3.8, 4) is 0 Å². The second kappa shape index (κ2) is 5.46. The summed E-state index contributed by atoms with van der Waals surface area (Å²) in [4.78, 5) is 21.3. The third kappa shape index (κ3) is 3.06. The van der Waals surface area contributed by atoms with Crippen LogP contribution in [0.4, 0.5) is 0 Å². The molecule has 1 atom stereocenters. The Morgan fingerprint density at radius 1 is 1.58 bits per heavy atom. The van der Waals surface area contributed by atoms with Gasteiger partial charge in [-0.3, -0.25) is 4.79 Å². The van der Waals surface area contributed by atoms with Crippen LogP contribution in [0, 0.1) is 5.92 Å². The summed E-state index contributed by atoms with van der Waals surface area (Å²) in [5.41, 5.74) is 0. The van der Waals surface area contributed by atoms with E-state index in [1.807, 2.05) is 11.4 Å². The predicted octanol–water partition coefficient (Wildman–Crippen LogP) is 2.70. The lowest BCUT2D eigenvalue weighted by molar-refractivity contribution is -0.119. The van der Waals surface area contributed by atoms with Crippen LogP contribution in [-0.2, 0) is 4.79 Å². The van der Waals surface area contributed by atoms with Crippen LogP contribution in [0.15, 0.2) is 22.8 Å². The summed E-state index contributed by atoms with van der Waals surface area (Å²) in [5.74, 6) is 1.20. The minimum Gasteiger partial charge on any atom is -0.353 e. The van der Waals surface area contributed by atoms with Crippen LogP contribution in [0.25, 0.3) is 10.2 Å². The summed E-state index contributed by atoms with van der Waals surface area (Å²) in [7, 11) is 0. The van der Waals surface area contributed by atoms with E-state index in [4.69, 9.17) is 0 Å². The molecular weight excluding hydrogens is 278 g/mol. The molecule has 2 heterocycles. The van der Waals surface area contributed by atoms with E-state index in [1.54, 1.807) is 17.7 Å². The van der Waals surface area contributed by atoms with E-state index in [0.717, 1.165) is 15.2 Å². The number of fused-ring (bicyclic) bond motifs is 1. The van der Waals surface area contributed by atoms with Gasteiger partial charge in [0.15, 0.2) is 0 Å². The molecule has 3 rings (SSSR count). The minimum atomic E-state index is 0.0893. The molecule has 1 amide bonds. The summed E-state index contributed by atoms with van der Waals surface area (Å²) in [6.45, 7) is 2.09. The van der Waals surface area contributed by atoms with Gasteiger partial charge in [0.25, 0.3) is 0 Å². The Kier molecular flexibility index (Phi) is 3.70. The van der Waals surface area contributed by atoms with Crippen LogP contribution < -0.4 is 5.32 Å². The normalized spacial score (nSPS) is 16.5. The number of amides is 1. The van der Waals surface area contributed by atoms with Crippen LogP contribution in [0.2, 0.25) is 0 Å². The van der Waals surface area contributed by atoms with E-state index in [2.05, 4.69) is 22.2 Å². The van der Waals surface area contributed by atoms with Crippen molar-refractivity contribution < 1.29 is 4.79 Å². The zero-order valence-electron chi connectivity index (χ0n) is 10.6. The van der Waals surface area contributed by atoms with Gasteiger partial charge < -0.3 is 5.32 Å². The number of carbonyl (C=O) groups is 1. The lowest BCUT2D eigenvalue weighted by atomic mass is 10.2. The Hall–Kier alpha value is -1.14. The Labute approximate surface area is 120 Å². The third-order valence-electron chi connectivity index (χ3n) is 3.28. The number of hydrogen-bond donors (Lipinski definition) is 1. The van der Waals surface area contributed by atoms with E-state index in [1.165, 1.54) is 24.6 Å². The van der Waals surface area contributed by atoms with Gasteiger partial charge in [-0.25, -0.2) is 9.97 Å². The molecule has 2 aromatic heterocycles. The van der Waals surface area contributed by atoms with Gasteiger partial charge in [0, 0.05) is 11.4 Å². The quantitative estimate of drug-likeness (QED) is 0.680. The van der Waals surface area contributed by atoms with Crippen molar-refractivity contribution in [3.05, 3.63) is 17.8 Å². The standard InChI is InChI=1S/C13H15N3OS2/c1-8(9-2-3-9)16-11(17)6-19-13-10-4-5-18-12(10)14-7-15-13/h4-5,7-9H,2-3,6H2,1H3,(H,16,17)/t8-/m0/s1. The summed E-state index contributed by atoms with van der Waals surface area (Å²) >= 11 is 3.07. The fourth-order valence-electron chi connectivity index (χ4n) is 2.03. The van der Waals surface area contributed by atoms with Crippen LogP contribution in [-0.4, -0.2) is 27.7 Å². The maximum Gasteiger partial charge on any atom is 0.230 e. The highest BCUT2D eigenvalue weighted by atomic mass is 32.2. The molecule has 0 saturated heterocycles. The molecule has 0 aromatic carbocycles. The van der Waals surface area contributed by atoms with Crippen LogP contribution >= 0.6 is 23.1 Å². The summed E-state index contributed by atoms with van der Waals surface area (Å²) in [6.07, 6.45) is 4.05. The van der Waals surface area contributed by atoms with Gasteiger partial charge >= 0.3 is 0 Å². The van der Waals surface area contributed by atoms with Gasteiger partial charge in [0.2, 0.25) is 5.91 Å². The first kappa shape index (κ1) is 12.9. The van der Waals surface area contributed by atoms with Gasteiger partial charge in [0.05, 0.1) is 5.75 Å². The van der Waals surface area contributed by atoms with E-state index in [0.29, 0.717) is 17.7 Å². The lowest BCUT2D eigenvalue weighted by Crippen LogP contribution is -2.35. The van der Waals surface area contributed by atoms with Crippen molar-refractivity contribution in [1.82, 2.24) is 15.3 Å². The van der Waals surface area contributed by atoms with E-state index >= 15 is 0 Å². The molecule has 2 aromatic rings. The van der Waals surface area contributed by atoms with Crippen LogP contribution in [0.5, 0.6) is 0 Å². The average Bonchev–Trinajstić information content (AvgIpc) is 3.14. The molecule has 1 N–H and O–H groups in total. The van der Waals surface area contributed by atoms with E-state index in [-0.39, 0.29) is 5.91 Å². The number of aromatic nitrogens is 2. The fraction of sp³-hybridized carbons (Fsp3) is 0.462. The maximum absolute atomic E-state index is 11.9. The van der Waals surface area contributed by atoms with Gasteiger partial charge in [-0.1, -0.05) is 11.8 Å². The average molecular weight is 293 g/mol. The van der Waals surface area contributed by atoms with Crippen LogP contribution in [0.1, 0.15) is 19.8 Å². The molecule has 0 aliphatic heterocycles. The molecule has 1 aliphatic carbocycles. The van der Waals surface area contributed by atoms with Gasteiger partial charge in [0.1, 0.15) is 16.2 Å². The number of thioether (sulfide) groups is 1. The van der Waals surface area contributed by atoms with Crippen molar-refractivity contribution in [1.29, 1.82) is 0 Å².